The number of para-hydroxylation sites is 1. The van der Waals surface area contributed by atoms with Crippen molar-refractivity contribution < 1.29 is 19.1 Å². The fourth-order valence-corrected chi connectivity index (χ4v) is 2.91. The lowest BCUT2D eigenvalue weighted by Gasteiger charge is -2.23. The molecule has 144 valence electrons. The van der Waals surface area contributed by atoms with Crippen LogP contribution in [0.4, 0.5) is 11.4 Å². The van der Waals surface area contributed by atoms with Gasteiger partial charge in [0.1, 0.15) is 18.0 Å². The maximum atomic E-state index is 12.7. The summed E-state index contributed by atoms with van der Waals surface area (Å²) in [5.74, 6) is 0.408. The first kappa shape index (κ1) is 19.2. The van der Waals surface area contributed by atoms with E-state index in [0.29, 0.717) is 28.4 Å². The monoisotopic (exact) mass is 379 g/mol. The lowest BCUT2D eigenvalue weighted by Crippen LogP contribution is -2.37. The number of hydrogen-bond donors (Lipinski definition) is 1. The summed E-state index contributed by atoms with van der Waals surface area (Å²) in [7, 11) is 3.04. The molecule has 2 amide bonds. The zero-order chi connectivity index (χ0) is 20.1. The van der Waals surface area contributed by atoms with E-state index < -0.39 is 0 Å². The quantitative estimate of drug-likeness (QED) is 0.711. The summed E-state index contributed by atoms with van der Waals surface area (Å²) in [4.78, 5) is 30.6. The molecule has 3 rings (SSSR count). The zero-order valence-electron chi connectivity index (χ0n) is 15.9. The molecule has 0 saturated carbocycles. The highest BCUT2D eigenvalue weighted by atomic mass is 16.5. The van der Waals surface area contributed by atoms with Gasteiger partial charge in [-0.15, -0.1) is 0 Å². The van der Waals surface area contributed by atoms with Crippen LogP contribution in [-0.4, -0.2) is 37.6 Å². The van der Waals surface area contributed by atoms with Gasteiger partial charge in [0.05, 0.1) is 31.1 Å². The molecule has 7 nitrogen and oxygen atoms in total. The minimum atomic E-state index is -0.341. The molecular formula is C21H21N3O4. The summed E-state index contributed by atoms with van der Waals surface area (Å²) in [5, 5.41) is 3.76. The average Bonchev–Trinajstić information content (AvgIpc) is 2.71. The second-order valence-electron chi connectivity index (χ2n) is 6.07. The largest absolute Gasteiger partial charge is 0.497 e. The number of benzene rings is 2. The van der Waals surface area contributed by atoms with Gasteiger partial charge in [0.2, 0.25) is 11.8 Å². The Labute approximate surface area is 162 Å². The Kier molecular flexibility index (Phi) is 5.74. The van der Waals surface area contributed by atoms with Gasteiger partial charge in [-0.05, 0) is 24.3 Å². The van der Waals surface area contributed by atoms with Crippen molar-refractivity contribution in [2.45, 2.75) is 6.92 Å². The van der Waals surface area contributed by atoms with E-state index in [2.05, 4.69) is 10.3 Å². The molecular weight excluding hydrogens is 358 g/mol. The molecule has 28 heavy (non-hydrogen) atoms. The van der Waals surface area contributed by atoms with Crippen molar-refractivity contribution in [1.29, 1.82) is 0 Å². The average molecular weight is 379 g/mol. The fourth-order valence-electron chi connectivity index (χ4n) is 2.91. The summed E-state index contributed by atoms with van der Waals surface area (Å²) in [6.45, 7) is 1.23. The summed E-state index contributed by atoms with van der Waals surface area (Å²) in [5.41, 5.74) is 1.77. The van der Waals surface area contributed by atoms with E-state index in [1.165, 1.54) is 18.9 Å². The molecule has 0 aliphatic rings. The zero-order valence-corrected chi connectivity index (χ0v) is 15.9. The predicted octanol–water partition coefficient (Wildman–Crippen LogP) is 3.24. The van der Waals surface area contributed by atoms with E-state index in [1.54, 1.807) is 37.6 Å². The number of aromatic nitrogens is 1. The molecule has 0 bridgehead atoms. The van der Waals surface area contributed by atoms with Crippen LogP contribution in [0.25, 0.3) is 10.9 Å². The number of nitrogens with one attached hydrogen (secondary N) is 1. The third kappa shape index (κ3) is 4.03. The lowest BCUT2D eigenvalue weighted by atomic mass is 10.2. The number of methoxy groups -OCH3 is 2. The maximum Gasteiger partial charge on any atom is 0.244 e. The molecule has 1 aromatic heterocycles. The van der Waals surface area contributed by atoms with Crippen molar-refractivity contribution in [3.8, 4) is 11.5 Å². The van der Waals surface area contributed by atoms with E-state index in [0.717, 1.165) is 5.39 Å². The Bertz CT molecular complexity index is 1010. The van der Waals surface area contributed by atoms with Gasteiger partial charge in [0, 0.05) is 24.6 Å². The van der Waals surface area contributed by atoms with Gasteiger partial charge in [-0.2, -0.15) is 0 Å². The third-order valence-corrected chi connectivity index (χ3v) is 4.27. The fraction of sp³-hybridized carbons (Fsp3) is 0.190. The number of fused-ring (bicyclic) bond motifs is 1. The second kappa shape index (κ2) is 8.39. The molecule has 0 radical (unpaired) electrons. The molecule has 0 spiro atoms. The molecule has 0 aliphatic carbocycles. The van der Waals surface area contributed by atoms with Gasteiger partial charge in [-0.1, -0.05) is 18.2 Å². The number of nitrogens with zero attached hydrogens (tertiary/aromatic N) is 2. The molecule has 0 atom stereocenters. The number of carbonyl (C=O) groups is 2. The Morgan fingerprint density at radius 3 is 2.57 bits per heavy atom. The molecule has 3 aromatic rings. The third-order valence-electron chi connectivity index (χ3n) is 4.27. The van der Waals surface area contributed by atoms with Gasteiger partial charge in [-0.3, -0.25) is 19.5 Å². The van der Waals surface area contributed by atoms with Gasteiger partial charge in [0.15, 0.2) is 0 Å². The van der Waals surface area contributed by atoms with E-state index in [1.807, 2.05) is 24.3 Å². The Balaban J connectivity index is 1.85. The van der Waals surface area contributed by atoms with Crippen molar-refractivity contribution in [2.24, 2.45) is 0 Å². The molecule has 1 heterocycles. The van der Waals surface area contributed by atoms with Crippen molar-refractivity contribution >= 4 is 34.1 Å². The highest BCUT2D eigenvalue weighted by molar-refractivity contribution is 6.05. The van der Waals surface area contributed by atoms with Crippen LogP contribution in [-0.2, 0) is 9.59 Å². The van der Waals surface area contributed by atoms with Crippen LogP contribution in [0.2, 0.25) is 0 Å². The second-order valence-corrected chi connectivity index (χ2v) is 6.07. The SMILES string of the molecule is COc1ccc(N(CC(=O)Nc2cccc3cccnc23)C(C)=O)c(OC)c1. The molecule has 1 N–H and O–H groups in total. The summed E-state index contributed by atoms with van der Waals surface area (Å²) >= 11 is 0. The highest BCUT2D eigenvalue weighted by Crippen LogP contribution is 2.32. The first-order valence-electron chi connectivity index (χ1n) is 8.67. The normalized spacial score (nSPS) is 10.4. The number of rotatable bonds is 6. The van der Waals surface area contributed by atoms with Crippen LogP contribution >= 0.6 is 0 Å². The first-order chi connectivity index (χ1) is 13.5. The number of hydrogen-bond acceptors (Lipinski definition) is 5. The van der Waals surface area contributed by atoms with Crippen LogP contribution in [0.3, 0.4) is 0 Å². The molecule has 7 heteroatoms. The topological polar surface area (TPSA) is 80.8 Å². The molecule has 0 unspecified atom stereocenters. The Morgan fingerprint density at radius 2 is 1.86 bits per heavy atom. The summed E-state index contributed by atoms with van der Waals surface area (Å²) in [6.07, 6.45) is 1.67. The van der Waals surface area contributed by atoms with Gasteiger partial charge in [0.25, 0.3) is 0 Å². The van der Waals surface area contributed by atoms with E-state index in [-0.39, 0.29) is 18.4 Å². The van der Waals surface area contributed by atoms with Gasteiger partial charge >= 0.3 is 0 Å². The Morgan fingerprint density at radius 1 is 1.07 bits per heavy atom. The Hall–Kier alpha value is -3.61. The van der Waals surface area contributed by atoms with E-state index in [9.17, 15) is 9.59 Å². The van der Waals surface area contributed by atoms with Crippen LogP contribution < -0.4 is 19.7 Å². The summed E-state index contributed by atoms with van der Waals surface area (Å²) in [6, 6.07) is 14.4. The number of amides is 2. The van der Waals surface area contributed by atoms with Crippen molar-refractivity contribution in [2.75, 3.05) is 31.0 Å². The summed E-state index contributed by atoms with van der Waals surface area (Å²) < 4.78 is 10.5. The molecule has 0 fully saturated rings. The van der Waals surface area contributed by atoms with Gasteiger partial charge < -0.3 is 14.8 Å². The number of ether oxygens (including phenoxy) is 2. The number of carbonyl (C=O) groups excluding carboxylic acids is 2. The minimum Gasteiger partial charge on any atom is -0.497 e. The van der Waals surface area contributed by atoms with Crippen LogP contribution in [0, 0.1) is 0 Å². The van der Waals surface area contributed by atoms with Gasteiger partial charge in [-0.25, -0.2) is 0 Å². The lowest BCUT2D eigenvalue weighted by molar-refractivity contribution is -0.120. The minimum absolute atomic E-state index is 0.165. The molecule has 0 aliphatic heterocycles. The number of anilines is 2. The van der Waals surface area contributed by atoms with Crippen molar-refractivity contribution in [1.82, 2.24) is 4.98 Å². The van der Waals surface area contributed by atoms with Crippen LogP contribution in [0.1, 0.15) is 6.92 Å². The van der Waals surface area contributed by atoms with Crippen LogP contribution in [0.5, 0.6) is 11.5 Å². The van der Waals surface area contributed by atoms with Crippen molar-refractivity contribution in [3.63, 3.8) is 0 Å². The van der Waals surface area contributed by atoms with Crippen LogP contribution in [0.15, 0.2) is 54.7 Å². The number of pyridine rings is 1. The van der Waals surface area contributed by atoms with Crippen molar-refractivity contribution in [3.05, 3.63) is 54.7 Å². The van der Waals surface area contributed by atoms with E-state index in [4.69, 9.17) is 9.47 Å². The first-order valence-corrected chi connectivity index (χ1v) is 8.67. The standard InChI is InChI=1S/C21H21N3O4/c1-14(25)24(18-10-9-16(27-2)12-19(18)28-3)13-20(26)23-17-8-4-6-15-7-5-11-22-21(15)17/h4-12H,13H2,1-3H3,(H,23,26). The predicted molar refractivity (Wildman–Crippen MR) is 108 cm³/mol. The van der Waals surface area contributed by atoms with E-state index >= 15 is 0 Å². The molecule has 2 aromatic carbocycles. The highest BCUT2D eigenvalue weighted by Gasteiger charge is 2.20. The smallest absolute Gasteiger partial charge is 0.244 e. The maximum absolute atomic E-state index is 12.7. The molecule has 0 saturated heterocycles.